The van der Waals surface area contributed by atoms with E-state index < -0.39 is 6.17 Å². The number of carbonyl (C=O) groups excluding carboxylic acids is 1. The van der Waals surface area contributed by atoms with E-state index in [1.165, 1.54) is 5.69 Å². The van der Waals surface area contributed by atoms with Gasteiger partial charge in [0.05, 0.1) is 11.4 Å². The molecule has 4 rings (SSSR count). The zero-order valence-electron chi connectivity index (χ0n) is 23.0. The molecule has 0 aliphatic heterocycles. The van der Waals surface area contributed by atoms with Crippen LogP contribution in [-0.2, 0) is 17.9 Å². The smallest absolute Gasteiger partial charge is 0.213 e. The molecule has 1 aromatic carbocycles. The second kappa shape index (κ2) is 13.5. The van der Waals surface area contributed by atoms with Gasteiger partial charge in [-0.1, -0.05) is 38.8 Å². The van der Waals surface area contributed by atoms with Gasteiger partial charge in [0.25, 0.3) is 0 Å². The van der Waals surface area contributed by atoms with Crippen molar-refractivity contribution in [2.75, 3.05) is 30.9 Å². The molecule has 37 heavy (non-hydrogen) atoms. The van der Waals surface area contributed by atoms with E-state index in [2.05, 4.69) is 34.7 Å². The van der Waals surface area contributed by atoms with E-state index in [0.717, 1.165) is 60.2 Å². The van der Waals surface area contributed by atoms with Crippen molar-refractivity contribution in [1.82, 2.24) is 14.7 Å². The average molecular weight is 511 g/mol. The number of anilines is 2. The lowest BCUT2D eigenvalue weighted by molar-refractivity contribution is -0.107. The topological polar surface area (TPSA) is 78.9 Å². The van der Waals surface area contributed by atoms with Crippen molar-refractivity contribution in [2.24, 2.45) is 5.73 Å². The number of fused-ring (bicyclic) bond motifs is 1. The Balaban J connectivity index is 0.000000220. The van der Waals surface area contributed by atoms with Gasteiger partial charge >= 0.3 is 0 Å². The first-order valence-electron chi connectivity index (χ1n) is 13.3. The molecule has 3 atom stereocenters. The highest BCUT2D eigenvalue weighted by Gasteiger charge is 2.24. The van der Waals surface area contributed by atoms with Crippen LogP contribution < -0.4 is 20.9 Å². The van der Waals surface area contributed by atoms with Crippen LogP contribution >= 0.6 is 0 Å². The van der Waals surface area contributed by atoms with Crippen LogP contribution in [0.2, 0.25) is 0 Å². The van der Waals surface area contributed by atoms with Crippen molar-refractivity contribution in [3.8, 4) is 0 Å². The van der Waals surface area contributed by atoms with E-state index >= 15 is 0 Å². The molecule has 1 saturated carbocycles. The summed E-state index contributed by atoms with van der Waals surface area (Å²) in [6, 6.07) is 10.0. The number of benzene rings is 1. The van der Waals surface area contributed by atoms with Gasteiger partial charge in [-0.2, -0.15) is 0 Å². The molecule has 1 aliphatic carbocycles. The highest BCUT2D eigenvalue weighted by molar-refractivity contribution is 5.83. The van der Waals surface area contributed by atoms with Crippen LogP contribution in [-0.4, -0.2) is 49.2 Å². The van der Waals surface area contributed by atoms with E-state index in [1.807, 2.05) is 55.5 Å². The Hall–Kier alpha value is -2.97. The number of carbonyl (C=O) groups is 1. The Labute approximate surface area is 220 Å². The molecule has 1 fully saturated rings. The summed E-state index contributed by atoms with van der Waals surface area (Å²) in [6.45, 7) is 5.58. The fraction of sp³-hybridized carbons (Fsp3) is 0.517. The number of amides is 1. The molecule has 2 aromatic heterocycles. The summed E-state index contributed by atoms with van der Waals surface area (Å²) in [6.07, 6.45) is 8.85. The fourth-order valence-electron chi connectivity index (χ4n) is 4.78. The monoisotopic (exact) mass is 510 g/mol. The lowest BCUT2D eigenvalue weighted by atomic mass is 9.93. The van der Waals surface area contributed by atoms with Crippen molar-refractivity contribution < 1.29 is 9.18 Å². The number of aromatic nitrogens is 2. The first kappa shape index (κ1) is 28.6. The molecule has 202 valence electrons. The molecule has 2 heterocycles. The van der Waals surface area contributed by atoms with Crippen molar-refractivity contribution in [2.45, 2.75) is 77.2 Å². The van der Waals surface area contributed by atoms with Gasteiger partial charge < -0.3 is 25.3 Å². The average Bonchev–Trinajstić information content (AvgIpc) is 3.36. The van der Waals surface area contributed by atoms with Crippen molar-refractivity contribution in [3.05, 3.63) is 59.5 Å². The lowest BCUT2D eigenvalue weighted by Gasteiger charge is -2.27. The minimum atomic E-state index is -0.744. The van der Waals surface area contributed by atoms with Crippen LogP contribution in [0.15, 0.2) is 42.7 Å². The predicted octanol–water partition coefficient (Wildman–Crippen LogP) is 5.02. The molecule has 0 radical (unpaired) electrons. The van der Waals surface area contributed by atoms with Crippen molar-refractivity contribution >= 4 is 23.4 Å². The lowest BCUT2D eigenvalue weighted by Crippen LogP contribution is -2.39. The fourth-order valence-corrected chi connectivity index (χ4v) is 4.78. The largest absolute Gasteiger partial charge is 0.376 e. The molecule has 0 bridgehead atoms. The maximum absolute atomic E-state index is 13.9. The number of hydrogen-bond donors (Lipinski definition) is 2. The molecule has 0 saturated heterocycles. The van der Waals surface area contributed by atoms with Gasteiger partial charge in [-0.25, -0.2) is 9.37 Å². The van der Waals surface area contributed by atoms with E-state index in [4.69, 9.17) is 5.73 Å². The van der Waals surface area contributed by atoms with Gasteiger partial charge in [0, 0.05) is 63.9 Å². The number of rotatable bonds is 9. The zero-order chi connectivity index (χ0) is 26.9. The number of nitrogens with zero attached hydrogens (tertiary/aromatic N) is 4. The SMILES string of the molecule is CCC(C)c1cnc2c(CN)cccn12.CN(C)c1ccc(CNC2CCCCC2F)cc1N(C)C=O. The molecule has 3 unspecified atom stereocenters. The minimum absolute atomic E-state index is 0.0467. The number of imidazole rings is 1. The van der Waals surface area contributed by atoms with Gasteiger partial charge in [-0.15, -0.1) is 0 Å². The summed E-state index contributed by atoms with van der Waals surface area (Å²) < 4.78 is 16.0. The third-order valence-corrected chi connectivity index (χ3v) is 7.29. The van der Waals surface area contributed by atoms with E-state index in [9.17, 15) is 9.18 Å². The molecule has 3 aromatic rings. The number of alkyl halides is 1. The standard InChI is InChI=1S/C17H26FN3O.C12H17N3/c1-20(2)16-9-8-13(10-17(16)21(3)12-22)11-19-15-7-5-4-6-14(15)18;1-3-9(2)11-8-14-12-10(7-13)5-4-6-15(11)12/h8-10,12,14-15,19H,4-7,11H2,1-3H3;4-6,8-9H,3,7,13H2,1-2H3. The number of nitrogens with two attached hydrogens (primary N) is 1. The number of hydrogen-bond acceptors (Lipinski definition) is 5. The molecule has 1 aliphatic rings. The maximum Gasteiger partial charge on any atom is 0.213 e. The Morgan fingerprint density at radius 2 is 1.97 bits per heavy atom. The predicted molar refractivity (Wildman–Crippen MR) is 151 cm³/mol. The quantitative estimate of drug-likeness (QED) is 0.395. The van der Waals surface area contributed by atoms with Crippen LogP contribution in [0.4, 0.5) is 15.8 Å². The summed E-state index contributed by atoms with van der Waals surface area (Å²) in [7, 11) is 5.64. The molecule has 0 spiro atoms. The Morgan fingerprint density at radius 1 is 1.22 bits per heavy atom. The Morgan fingerprint density at radius 3 is 2.62 bits per heavy atom. The molecule has 3 N–H and O–H groups in total. The maximum atomic E-state index is 13.9. The van der Waals surface area contributed by atoms with Crippen molar-refractivity contribution in [1.29, 1.82) is 0 Å². The minimum Gasteiger partial charge on any atom is -0.376 e. The van der Waals surface area contributed by atoms with Crippen LogP contribution in [0.25, 0.3) is 5.65 Å². The summed E-state index contributed by atoms with van der Waals surface area (Å²) >= 11 is 0. The highest BCUT2D eigenvalue weighted by Crippen LogP contribution is 2.28. The van der Waals surface area contributed by atoms with Gasteiger partial charge in [-0.05, 0) is 48.9 Å². The van der Waals surface area contributed by atoms with Crippen LogP contribution in [0, 0.1) is 0 Å². The first-order chi connectivity index (χ1) is 17.8. The van der Waals surface area contributed by atoms with Gasteiger partial charge in [-0.3, -0.25) is 4.79 Å². The second-order valence-corrected chi connectivity index (χ2v) is 10.1. The summed E-state index contributed by atoms with van der Waals surface area (Å²) in [5.41, 5.74) is 12.0. The summed E-state index contributed by atoms with van der Waals surface area (Å²) in [5, 5.41) is 3.33. The molecule has 7 nitrogen and oxygen atoms in total. The van der Waals surface area contributed by atoms with Gasteiger partial charge in [0.15, 0.2) is 0 Å². The van der Waals surface area contributed by atoms with Crippen LogP contribution in [0.3, 0.4) is 0 Å². The number of nitrogens with one attached hydrogen (secondary N) is 1. The van der Waals surface area contributed by atoms with Crippen LogP contribution in [0.1, 0.15) is 68.7 Å². The third-order valence-electron chi connectivity index (χ3n) is 7.29. The zero-order valence-corrected chi connectivity index (χ0v) is 23.0. The summed E-state index contributed by atoms with van der Waals surface area (Å²) in [4.78, 5) is 19.1. The highest BCUT2D eigenvalue weighted by atomic mass is 19.1. The van der Waals surface area contributed by atoms with Gasteiger partial charge in [0.1, 0.15) is 11.8 Å². The Bertz CT molecular complexity index is 1150. The van der Waals surface area contributed by atoms with Crippen LogP contribution in [0.5, 0.6) is 0 Å². The normalized spacial score (nSPS) is 18.1. The van der Waals surface area contributed by atoms with E-state index in [-0.39, 0.29) is 6.04 Å². The van der Waals surface area contributed by atoms with E-state index in [1.54, 1.807) is 11.9 Å². The first-order valence-corrected chi connectivity index (χ1v) is 13.3. The van der Waals surface area contributed by atoms with Gasteiger partial charge in [0.2, 0.25) is 6.41 Å². The van der Waals surface area contributed by atoms with E-state index in [0.29, 0.717) is 25.4 Å². The molecule has 1 amide bonds. The second-order valence-electron chi connectivity index (χ2n) is 10.1. The third kappa shape index (κ3) is 7.08. The van der Waals surface area contributed by atoms with Crippen molar-refractivity contribution in [3.63, 3.8) is 0 Å². The number of pyridine rings is 1. The number of halogens is 1. The Kier molecular flexibility index (Phi) is 10.5. The molecule has 8 heteroatoms. The molecular formula is C29H43FN6O. The summed E-state index contributed by atoms with van der Waals surface area (Å²) in [5.74, 6) is 0.535. The molecular weight excluding hydrogens is 467 g/mol.